The predicted octanol–water partition coefficient (Wildman–Crippen LogP) is 8.59. The quantitative estimate of drug-likeness (QED) is 0.138. The first kappa shape index (κ1) is 38.1. The fraction of sp³-hybridized carbons (Fsp3) is 0.200. The number of carbonyl (C=O) groups is 4. The van der Waals surface area contributed by atoms with Gasteiger partial charge in [-0.3, -0.25) is 19.2 Å². The highest BCUT2D eigenvalue weighted by Crippen LogP contribution is 2.32. The van der Waals surface area contributed by atoms with Crippen LogP contribution in [0.4, 0.5) is 11.4 Å². The summed E-state index contributed by atoms with van der Waals surface area (Å²) in [6.45, 7) is 1.82. The summed E-state index contributed by atoms with van der Waals surface area (Å²) < 4.78 is 0. The number of likely N-dealkylation sites (tertiary alicyclic amines) is 2. The number of amides is 4. The maximum Gasteiger partial charge on any atom is 0.234 e. The van der Waals surface area contributed by atoms with Crippen molar-refractivity contribution in [1.29, 1.82) is 0 Å². The summed E-state index contributed by atoms with van der Waals surface area (Å²) in [6.07, 6.45) is 1.21. The van der Waals surface area contributed by atoms with Crippen LogP contribution in [0, 0.1) is 11.8 Å². The Bertz CT molecular complexity index is 2090. The second kappa shape index (κ2) is 17.6. The lowest BCUT2D eigenvalue weighted by Gasteiger charge is -2.24. The predicted molar refractivity (Wildman–Crippen MR) is 228 cm³/mol. The maximum atomic E-state index is 13.9. The molecule has 2 fully saturated rings. The zero-order chi connectivity index (χ0) is 39.8. The normalized spacial score (nSPS) is 16.4. The Hall–Kier alpha value is -6.80. The average molecular weight is 767 g/mol. The number of anilines is 2. The molecule has 6 aromatic carbocycles. The van der Waals surface area contributed by atoms with Crippen LogP contribution in [-0.4, -0.2) is 59.6 Å². The zero-order valence-corrected chi connectivity index (χ0v) is 32.2. The Morgan fingerprint density at radius 2 is 0.707 bits per heavy atom. The third-order valence-corrected chi connectivity index (χ3v) is 11.4. The minimum atomic E-state index is -0.420. The molecule has 6 aromatic rings. The third-order valence-electron chi connectivity index (χ3n) is 11.4. The van der Waals surface area contributed by atoms with Gasteiger partial charge in [-0.05, 0) is 70.5 Å². The molecule has 0 aromatic heterocycles. The Kier molecular flexibility index (Phi) is 11.5. The van der Waals surface area contributed by atoms with E-state index in [1.54, 1.807) is 0 Å². The number of nitrogens with zero attached hydrogens (tertiary/aromatic N) is 2. The number of benzene rings is 6. The molecule has 2 atom stereocenters. The van der Waals surface area contributed by atoms with Gasteiger partial charge < -0.3 is 20.4 Å². The van der Waals surface area contributed by atoms with Crippen LogP contribution < -0.4 is 10.6 Å². The molecule has 0 radical (unpaired) electrons. The molecule has 58 heavy (non-hydrogen) atoms. The number of nitrogens with one attached hydrogen (secondary N) is 2. The van der Waals surface area contributed by atoms with E-state index in [-0.39, 0.29) is 35.5 Å². The van der Waals surface area contributed by atoms with Crippen LogP contribution in [0.15, 0.2) is 170 Å². The van der Waals surface area contributed by atoms with Crippen LogP contribution in [-0.2, 0) is 19.2 Å². The van der Waals surface area contributed by atoms with Gasteiger partial charge in [-0.1, -0.05) is 146 Å². The molecule has 8 heteroatoms. The molecule has 2 N–H and O–H groups in total. The van der Waals surface area contributed by atoms with Crippen LogP contribution in [0.5, 0.6) is 0 Å². The first-order valence-corrected chi connectivity index (χ1v) is 20.0. The molecular formula is C50H46N4O4. The van der Waals surface area contributed by atoms with E-state index in [1.807, 2.05) is 180 Å². The Balaban J connectivity index is 0.837. The molecule has 0 saturated carbocycles. The minimum absolute atomic E-state index is 0.0102. The molecule has 0 spiro atoms. The highest BCUT2D eigenvalue weighted by Gasteiger charge is 2.37. The van der Waals surface area contributed by atoms with Crippen LogP contribution in [0.25, 0.3) is 11.1 Å². The van der Waals surface area contributed by atoms with Crippen molar-refractivity contribution in [2.24, 2.45) is 11.8 Å². The second-order valence-corrected chi connectivity index (χ2v) is 15.2. The summed E-state index contributed by atoms with van der Waals surface area (Å²) in [4.78, 5) is 58.1. The van der Waals surface area contributed by atoms with E-state index in [0.717, 1.165) is 33.4 Å². The van der Waals surface area contributed by atoms with Gasteiger partial charge in [0.2, 0.25) is 23.6 Å². The SMILES string of the molecule is O=C(Nc1ccc(-c2ccc(NC(=O)[C@H]3CCN(C(=O)C(c4ccccc4)c4ccccc4)C3)cc2)cc1)[C@@H]1CCN(C(=O)C(c2ccccc2)c2ccccc2)C1. The second-order valence-electron chi connectivity index (χ2n) is 15.2. The third kappa shape index (κ3) is 8.61. The summed E-state index contributed by atoms with van der Waals surface area (Å²) in [5.41, 5.74) is 7.08. The van der Waals surface area contributed by atoms with Gasteiger partial charge in [-0.15, -0.1) is 0 Å². The minimum Gasteiger partial charge on any atom is -0.341 e. The van der Waals surface area contributed by atoms with E-state index in [0.29, 0.717) is 50.4 Å². The first-order chi connectivity index (χ1) is 28.4. The van der Waals surface area contributed by atoms with E-state index >= 15 is 0 Å². The van der Waals surface area contributed by atoms with Crippen molar-refractivity contribution in [3.63, 3.8) is 0 Å². The summed E-state index contributed by atoms with van der Waals surface area (Å²) in [6, 6.07) is 54.6. The van der Waals surface area contributed by atoms with Crippen LogP contribution >= 0.6 is 0 Å². The van der Waals surface area contributed by atoms with Gasteiger partial charge in [0.05, 0.1) is 23.7 Å². The van der Waals surface area contributed by atoms with Crippen molar-refractivity contribution in [3.8, 4) is 11.1 Å². The fourth-order valence-electron chi connectivity index (χ4n) is 8.23. The van der Waals surface area contributed by atoms with Gasteiger partial charge in [0, 0.05) is 37.6 Å². The summed E-state index contributed by atoms with van der Waals surface area (Å²) in [7, 11) is 0. The van der Waals surface area contributed by atoms with Gasteiger partial charge in [0.1, 0.15) is 0 Å². The van der Waals surface area contributed by atoms with Crippen molar-refractivity contribution in [2.75, 3.05) is 36.8 Å². The molecular weight excluding hydrogens is 721 g/mol. The van der Waals surface area contributed by atoms with Crippen molar-refractivity contribution < 1.29 is 19.2 Å². The lowest BCUT2D eigenvalue weighted by molar-refractivity contribution is -0.132. The van der Waals surface area contributed by atoms with Gasteiger partial charge >= 0.3 is 0 Å². The summed E-state index contributed by atoms with van der Waals surface area (Å²) in [5.74, 6) is -1.61. The van der Waals surface area contributed by atoms with Gasteiger partial charge in [-0.2, -0.15) is 0 Å². The highest BCUT2D eigenvalue weighted by atomic mass is 16.2. The van der Waals surface area contributed by atoms with Gasteiger partial charge in [0.25, 0.3) is 0 Å². The summed E-state index contributed by atoms with van der Waals surface area (Å²) >= 11 is 0. The molecule has 0 unspecified atom stereocenters. The Morgan fingerprint density at radius 1 is 0.414 bits per heavy atom. The lowest BCUT2D eigenvalue weighted by Crippen LogP contribution is -2.35. The molecule has 2 heterocycles. The molecule has 8 nitrogen and oxygen atoms in total. The largest absolute Gasteiger partial charge is 0.341 e. The molecule has 290 valence electrons. The summed E-state index contributed by atoms with van der Waals surface area (Å²) in [5, 5.41) is 6.11. The van der Waals surface area contributed by atoms with E-state index in [2.05, 4.69) is 10.6 Å². The van der Waals surface area contributed by atoms with E-state index in [9.17, 15) is 19.2 Å². The maximum absolute atomic E-state index is 13.9. The molecule has 0 bridgehead atoms. The van der Waals surface area contributed by atoms with Gasteiger partial charge in [-0.25, -0.2) is 0 Å². The lowest BCUT2D eigenvalue weighted by atomic mass is 9.90. The van der Waals surface area contributed by atoms with Crippen molar-refractivity contribution >= 4 is 35.0 Å². The molecule has 4 amide bonds. The average Bonchev–Trinajstić information content (AvgIpc) is 3.98. The number of rotatable bonds is 11. The molecule has 2 saturated heterocycles. The smallest absolute Gasteiger partial charge is 0.234 e. The molecule has 2 aliphatic heterocycles. The first-order valence-electron chi connectivity index (χ1n) is 20.0. The standard InChI is InChI=1S/C50H46N4O4/c55-47(41-29-31-53(33-41)49(57)45(37-13-5-1-6-14-37)38-15-7-2-8-16-38)51-43-25-21-35(22-26-43)36-23-27-44(28-24-36)52-48(56)42-30-32-54(34-42)50(58)46(39-17-9-3-10-18-39)40-19-11-4-12-20-40/h1-28,41-42,45-46H,29-34H2,(H,51,55)(H,52,56)/t41-,42+. The Labute approximate surface area is 339 Å². The number of carbonyl (C=O) groups excluding carboxylic acids is 4. The van der Waals surface area contributed by atoms with E-state index in [4.69, 9.17) is 0 Å². The zero-order valence-electron chi connectivity index (χ0n) is 32.2. The molecule has 8 rings (SSSR count). The monoisotopic (exact) mass is 766 g/mol. The fourth-order valence-corrected chi connectivity index (χ4v) is 8.23. The Morgan fingerprint density at radius 3 is 1.00 bits per heavy atom. The van der Waals surface area contributed by atoms with Gasteiger partial charge in [0.15, 0.2) is 0 Å². The van der Waals surface area contributed by atoms with Crippen molar-refractivity contribution in [2.45, 2.75) is 24.7 Å². The van der Waals surface area contributed by atoms with Crippen molar-refractivity contribution in [1.82, 2.24) is 9.80 Å². The number of hydrogen-bond donors (Lipinski definition) is 2. The van der Waals surface area contributed by atoms with Crippen molar-refractivity contribution in [3.05, 3.63) is 192 Å². The highest BCUT2D eigenvalue weighted by molar-refractivity contribution is 5.96. The molecule has 2 aliphatic rings. The molecule has 0 aliphatic carbocycles. The topological polar surface area (TPSA) is 98.8 Å². The van der Waals surface area contributed by atoms with Crippen LogP contribution in [0.3, 0.4) is 0 Å². The van der Waals surface area contributed by atoms with Crippen LogP contribution in [0.2, 0.25) is 0 Å². The number of hydrogen-bond acceptors (Lipinski definition) is 4. The van der Waals surface area contributed by atoms with E-state index in [1.165, 1.54) is 0 Å². The van der Waals surface area contributed by atoms with E-state index < -0.39 is 11.8 Å². The van der Waals surface area contributed by atoms with Crippen LogP contribution in [0.1, 0.15) is 46.9 Å².